The Labute approximate surface area is 158 Å². The second-order valence-electron chi connectivity index (χ2n) is 6.16. The van der Waals surface area contributed by atoms with E-state index in [1.165, 1.54) is 0 Å². The number of nitrogens with two attached hydrogens (primary N) is 1. The van der Waals surface area contributed by atoms with Gasteiger partial charge >= 0.3 is 0 Å². The summed E-state index contributed by atoms with van der Waals surface area (Å²) >= 11 is 12.3. The van der Waals surface area contributed by atoms with E-state index >= 15 is 0 Å². The van der Waals surface area contributed by atoms with E-state index in [0.717, 1.165) is 44.1 Å². The third kappa shape index (κ3) is 3.72. The number of nitrogens with zero attached hydrogens (tertiary/aromatic N) is 4. The second-order valence-corrected chi connectivity index (χ2v) is 7.01. The van der Waals surface area contributed by atoms with Crippen molar-refractivity contribution in [3.8, 4) is 6.07 Å². The van der Waals surface area contributed by atoms with Crippen molar-refractivity contribution in [1.82, 2.24) is 9.47 Å². The predicted octanol–water partition coefficient (Wildman–Crippen LogP) is 3.44. The summed E-state index contributed by atoms with van der Waals surface area (Å²) < 4.78 is 1.95. The lowest BCUT2D eigenvalue weighted by Crippen LogP contribution is -2.47. The van der Waals surface area contributed by atoms with Gasteiger partial charge in [0.2, 0.25) is 0 Å². The van der Waals surface area contributed by atoms with Gasteiger partial charge in [-0.1, -0.05) is 36.2 Å². The van der Waals surface area contributed by atoms with E-state index in [4.69, 9.17) is 28.9 Å². The Hall–Kier alpha value is -1.87. The molecule has 0 aliphatic carbocycles. The van der Waals surface area contributed by atoms with Crippen LogP contribution in [0, 0.1) is 11.3 Å². The van der Waals surface area contributed by atoms with Gasteiger partial charge in [-0.15, -0.1) is 0 Å². The van der Waals surface area contributed by atoms with Crippen molar-refractivity contribution in [3.63, 3.8) is 0 Å². The van der Waals surface area contributed by atoms with Gasteiger partial charge in [-0.05, 0) is 30.3 Å². The molecule has 1 aliphatic rings. The zero-order valence-electron chi connectivity index (χ0n) is 14.2. The number of aromatic nitrogens is 1. The SMILES string of the molecule is CCN1CCN(c2c(N)cc(C#N)n2Cc2ccc(Cl)cc2Cl)CC1. The number of halogens is 2. The minimum absolute atomic E-state index is 0.486. The fourth-order valence-corrected chi connectivity index (χ4v) is 3.73. The molecule has 2 aromatic rings. The number of nitriles is 1. The summed E-state index contributed by atoms with van der Waals surface area (Å²) in [6.07, 6.45) is 0. The minimum atomic E-state index is 0.486. The normalized spacial score (nSPS) is 15.4. The smallest absolute Gasteiger partial charge is 0.133 e. The minimum Gasteiger partial charge on any atom is -0.396 e. The molecule has 1 aliphatic heterocycles. The van der Waals surface area contributed by atoms with Crippen molar-refractivity contribution in [2.24, 2.45) is 0 Å². The molecule has 0 unspecified atom stereocenters. The topological polar surface area (TPSA) is 61.2 Å². The van der Waals surface area contributed by atoms with Gasteiger partial charge in [0, 0.05) is 36.2 Å². The lowest BCUT2D eigenvalue weighted by Gasteiger charge is -2.36. The molecule has 1 aromatic carbocycles. The van der Waals surface area contributed by atoms with Crippen LogP contribution < -0.4 is 10.6 Å². The average molecular weight is 378 g/mol. The summed E-state index contributed by atoms with van der Waals surface area (Å²) in [4.78, 5) is 4.66. The van der Waals surface area contributed by atoms with Gasteiger partial charge in [0.1, 0.15) is 17.6 Å². The summed E-state index contributed by atoms with van der Waals surface area (Å²) in [6, 6.07) is 9.40. The van der Waals surface area contributed by atoms with E-state index in [1.807, 2.05) is 10.6 Å². The van der Waals surface area contributed by atoms with Gasteiger partial charge in [0.15, 0.2) is 0 Å². The van der Waals surface area contributed by atoms with E-state index in [9.17, 15) is 5.26 Å². The Morgan fingerprint density at radius 3 is 2.48 bits per heavy atom. The molecule has 2 heterocycles. The molecular weight excluding hydrogens is 357 g/mol. The molecule has 0 saturated carbocycles. The monoisotopic (exact) mass is 377 g/mol. The molecule has 0 amide bonds. The molecule has 0 bridgehead atoms. The summed E-state index contributed by atoms with van der Waals surface area (Å²) in [6.45, 7) is 7.47. The number of benzene rings is 1. The first-order valence-electron chi connectivity index (χ1n) is 8.33. The highest BCUT2D eigenvalue weighted by atomic mass is 35.5. The van der Waals surface area contributed by atoms with E-state index in [0.29, 0.717) is 28.0 Å². The van der Waals surface area contributed by atoms with Crippen LogP contribution in [0.25, 0.3) is 0 Å². The highest BCUT2D eigenvalue weighted by molar-refractivity contribution is 6.35. The Morgan fingerprint density at radius 2 is 1.88 bits per heavy atom. The predicted molar refractivity (Wildman–Crippen MR) is 103 cm³/mol. The Bertz CT molecular complexity index is 801. The fraction of sp³-hybridized carbons (Fsp3) is 0.389. The van der Waals surface area contributed by atoms with Crippen LogP contribution in [0.3, 0.4) is 0 Å². The maximum atomic E-state index is 9.52. The van der Waals surface area contributed by atoms with E-state index < -0.39 is 0 Å². The van der Waals surface area contributed by atoms with Crippen molar-refractivity contribution in [2.75, 3.05) is 43.4 Å². The number of hydrogen-bond donors (Lipinski definition) is 1. The number of piperazine rings is 1. The first kappa shape index (κ1) is 17.9. The van der Waals surface area contributed by atoms with Gasteiger partial charge in [0.05, 0.1) is 12.2 Å². The van der Waals surface area contributed by atoms with Crippen LogP contribution in [-0.4, -0.2) is 42.2 Å². The molecule has 0 radical (unpaired) electrons. The molecule has 132 valence electrons. The maximum absolute atomic E-state index is 9.52. The molecule has 3 rings (SSSR count). The molecule has 25 heavy (non-hydrogen) atoms. The number of anilines is 2. The lowest BCUT2D eigenvalue weighted by atomic mass is 10.2. The summed E-state index contributed by atoms with van der Waals surface area (Å²) in [7, 11) is 0. The first-order chi connectivity index (χ1) is 12.0. The number of nitrogen functional groups attached to an aromatic ring is 1. The fourth-order valence-electron chi connectivity index (χ4n) is 3.26. The molecule has 0 atom stereocenters. The molecule has 2 N–H and O–H groups in total. The molecule has 1 aromatic heterocycles. The van der Waals surface area contributed by atoms with Crippen molar-refractivity contribution >= 4 is 34.7 Å². The third-order valence-corrected chi connectivity index (χ3v) is 5.26. The van der Waals surface area contributed by atoms with Crippen LogP contribution >= 0.6 is 23.2 Å². The van der Waals surface area contributed by atoms with E-state index in [-0.39, 0.29) is 0 Å². The van der Waals surface area contributed by atoms with Crippen molar-refractivity contribution in [3.05, 3.63) is 45.6 Å². The van der Waals surface area contributed by atoms with Crippen LogP contribution in [0.15, 0.2) is 24.3 Å². The highest BCUT2D eigenvalue weighted by Gasteiger charge is 2.23. The van der Waals surface area contributed by atoms with Crippen LogP contribution in [0.4, 0.5) is 11.5 Å². The van der Waals surface area contributed by atoms with Crippen molar-refractivity contribution in [2.45, 2.75) is 13.5 Å². The van der Waals surface area contributed by atoms with Gasteiger partial charge in [-0.25, -0.2) is 0 Å². The second kappa shape index (κ2) is 7.57. The van der Waals surface area contributed by atoms with Crippen LogP contribution in [0.2, 0.25) is 10.0 Å². The standard InChI is InChI=1S/C18H21Cl2N5/c1-2-23-5-7-24(8-6-23)18-17(22)10-15(11-21)25(18)12-13-3-4-14(19)9-16(13)20/h3-4,9-10H,2,5-8,12,22H2,1H3. The summed E-state index contributed by atoms with van der Waals surface area (Å²) in [5.41, 5.74) is 8.33. The molecule has 5 nitrogen and oxygen atoms in total. The van der Waals surface area contributed by atoms with Gasteiger partial charge in [0.25, 0.3) is 0 Å². The van der Waals surface area contributed by atoms with Gasteiger partial charge in [-0.3, -0.25) is 0 Å². The van der Waals surface area contributed by atoms with Gasteiger partial charge < -0.3 is 20.1 Å². The molecular formula is C18H21Cl2N5. The molecule has 1 saturated heterocycles. The van der Waals surface area contributed by atoms with Crippen molar-refractivity contribution in [1.29, 1.82) is 5.26 Å². The quantitative estimate of drug-likeness (QED) is 0.886. The zero-order chi connectivity index (χ0) is 18.0. The number of hydrogen-bond acceptors (Lipinski definition) is 4. The van der Waals surface area contributed by atoms with Crippen LogP contribution in [0.1, 0.15) is 18.2 Å². The third-order valence-electron chi connectivity index (χ3n) is 4.67. The number of likely N-dealkylation sites (N-methyl/N-ethyl adjacent to an activating group) is 1. The van der Waals surface area contributed by atoms with Crippen LogP contribution in [-0.2, 0) is 6.54 Å². The Morgan fingerprint density at radius 1 is 1.16 bits per heavy atom. The summed E-state index contributed by atoms with van der Waals surface area (Å²) in [5.74, 6) is 0.901. The van der Waals surface area contributed by atoms with Crippen LogP contribution in [0.5, 0.6) is 0 Å². The Balaban J connectivity index is 1.94. The van der Waals surface area contributed by atoms with E-state index in [1.54, 1.807) is 18.2 Å². The molecule has 1 fully saturated rings. The molecule has 7 heteroatoms. The zero-order valence-corrected chi connectivity index (χ0v) is 15.7. The van der Waals surface area contributed by atoms with Crippen molar-refractivity contribution < 1.29 is 0 Å². The van der Waals surface area contributed by atoms with E-state index in [2.05, 4.69) is 22.8 Å². The lowest BCUT2D eigenvalue weighted by molar-refractivity contribution is 0.270. The summed E-state index contributed by atoms with van der Waals surface area (Å²) in [5, 5.41) is 10.7. The highest BCUT2D eigenvalue weighted by Crippen LogP contribution is 2.31. The largest absolute Gasteiger partial charge is 0.396 e. The molecule has 0 spiro atoms. The number of rotatable bonds is 4. The first-order valence-corrected chi connectivity index (χ1v) is 9.09. The van der Waals surface area contributed by atoms with Gasteiger partial charge in [-0.2, -0.15) is 5.26 Å². The average Bonchev–Trinajstić information content (AvgIpc) is 2.93. The maximum Gasteiger partial charge on any atom is 0.133 e. The Kier molecular flexibility index (Phi) is 5.43.